The molecular weight excluding hydrogens is 274 g/mol. The minimum atomic E-state index is -3.23. The monoisotopic (exact) mass is 303 g/mol. The maximum absolute atomic E-state index is 12.1. The van der Waals surface area contributed by atoms with Crippen molar-refractivity contribution in [3.05, 3.63) is 0 Å². The molecule has 118 valence electrons. The van der Waals surface area contributed by atoms with Crippen LogP contribution in [0, 0.1) is 11.3 Å². The Morgan fingerprint density at radius 1 is 1.20 bits per heavy atom. The molecule has 0 unspecified atom stereocenters. The maximum Gasteiger partial charge on any atom is 0.237 e. The number of amides is 1. The van der Waals surface area contributed by atoms with E-state index in [0.717, 1.165) is 19.3 Å². The Labute approximate surface area is 123 Å². The molecule has 1 fully saturated rings. The SMILES string of the molecule is CCCS(=O)(=O)CC(=O)N1CCC[C@H](C(C)(C)C)CC1. The summed E-state index contributed by atoms with van der Waals surface area (Å²) in [5, 5.41) is 0. The van der Waals surface area contributed by atoms with Gasteiger partial charge in [0.1, 0.15) is 5.75 Å². The highest BCUT2D eigenvalue weighted by atomic mass is 32.2. The highest BCUT2D eigenvalue weighted by molar-refractivity contribution is 7.92. The third-order valence-electron chi connectivity index (χ3n) is 4.16. The lowest BCUT2D eigenvalue weighted by molar-refractivity contribution is -0.128. The van der Waals surface area contributed by atoms with E-state index >= 15 is 0 Å². The largest absolute Gasteiger partial charge is 0.342 e. The Bertz CT molecular complexity index is 423. The van der Waals surface area contributed by atoms with E-state index in [0.29, 0.717) is 25.4 Å². The first-order valence-electron chi connectivity index (χ1n) is 7.64. The van der Waals surface area contributed by atoms with Gasteiger partial charge >= 0.3 is 0 Å². The second kappa shape index (κ2) is 6.92. The lowest BCUT2D eigenvalue weighted by Gasteiger charge is -2.29. The van der Waals surface area contributed by atoms with Gasteiger partial charge in [0.2, 0.25) is 5.91 Å². The Hall–Kier alpha value is -0.580. The topological polar surface area (TPSA) is 54.5 Å². The molecule has 0 aromatic rings. The Morgan fingerprint density at radius 3 is 2.40 bits per heavy atom. The van der Waals surface area contributed by atoms with Crippen LogP contribution in [0.3, 0.4) is 0 Å². The van der Waals surface area contributed by atoms with E-state index in [-0.39, 0.29) is 22.8 Å². The normalized spacial score (nSPS) is 21.6. The molecule has 4 nitrogen and oxygen atoms in total. The maximum atomic E-state index is 12.1. The standard InChI is InChI=1S/C15H29NO3S/c1-5-11-20(18,19)12-14(17)16-9-6-7-13(8-10-16)15(2,3)4/h13H,5-12H2,1-4H3/t13-/m0/s1. The van der Waals surface area contributed by atoms with Crippen LogP contribution in [0.4, 0.5) is 0 Å². The van der Waals surface area contributed by atoms with Crippen LogP contribution in [-0.4, -0.2) is 43.8 Å². The van der Waals surface area contributed by atoms with Crippen molar-refractivity contribution in [2.45, 2.75) is 53.4 Å². The lowest BCUT2D eigenvalue weighted by Crippen LogP contribution is -2.37. The van der Waals surface area contributed by atoms with Crippen LogP contribution in [-0.2, 0) is 14.6 Å². The highest BCUT2D eigenvalue weighted by Gasteiger charge is 2.29. The van der Waals surface area contributed by atoms with Gasteiger partial charge in [0.05, 0.1) is 5.75 Å². The Morgan fingerprint density at radius 2 is 1.85 bits per heavy atom. The predicted molar refractivity (Wildman–Crippen MR) is 82.3 cm³/mol. The van der Waals surface area contributed by atoms with Gasteiger partial charge < -0.3 is 4.90 Å². The van der Waals surface area contributed by atoms with Crippen molar-refractivity contribution >= 4 is 15.7 Å². The van der Waals surface area contributed by atoms with Crippen molar-refractivity contribution in [1.29, 1.82) is 0 Å². The molecule has 0 saturated carbocycles. The number of nitrogens with zero attached hydrogens (tertiary/aromatic N) is 1. The summed E-state index contributed by atoms with van der Waals surface area (Å²) in [6, 6.07) is 0. The van der Waals surface area contributed by atoms with Crippen molar-refractivity contribution in [3.63, 3.8) is 0 Å². The average Bonchev–Trinajstić information content (AvgIpc) is 2.52. The molecule has 0 aliphatic carbocycles. The lowest BCUT2D eigenvalue weighted by atomic mass is 9.77. The summed E-state index contributed by atoms with van der Waals surface area (Å²) in [5.74, 6) is 0.179. The number of hydrogen-bond donors (Lipinski definition) is 0. The van der Waals surface area contributed by atoms with E-state index in [1.807, 2.05) is 6.92 Å². The summed E-state index contributed by atoms with van der Waals surface area (Å²) in [5.41, 5.74) is 0.257. The van der Waals surface area contributed by atoms with Gasteiger partial charge in [0.15, 0.2) is 9.84 Å². The number of rotatable bonds is 4. The van der Waals surface area contributed by atoms with Gasteiger partial charge in [-0.25, -0.2) is 8.42 Å². The number of carbonyl (C=O) groups excluding carboxylic acids is 1. The van der Waals surface area contributed by atoms with Crippen molar-refractivity contribution < 1.29 is 13.2 Å². The zero-order chi connectivity index (χ0) is 15.4. The average molecular weight is 303 g/mol. The number of likely N-dealkylation sites (tertiary alicyclic amines) is 1. The van der Waals surface area contributed by atoms with E-state index in [4.69, 9.17) is 0 Å². The fourth-order valence-corrected chi connectivity index (χ4v) is 4.20. The molecule has 5 heteroatoms. The molecule has 1 heterocycles. The molecule has 1 aliphatic rings. The minimum Gasteiger partial charge on any atom is -0.342 e. The molecule has 1 amide bonds. The molecule has 0 aromatic carbocycles. The van der Waals surface area contributed by atoms with Crippen LogP contribution >= 0.6 is 0 Å². The van der Waals surface area contributed by atoms with E-state index in [9.17, 15) is 13.2 Å². The van der Waals surface area contributed by atoms with Crippen LogP contribution in [0.2, 0.25) is 0 Å². The first-order chi connectivity index (χ1) is 9.15. The molecule has 20 heavy (non-hydrogen) atoms. The smallest absolute Gasteiger partial charge is 0.237 e. The van der Waals surface area contributed by atoms with E-state index in [1.54, 1.807) is 4.90 Å². The Balaban J connectivity index is 2.59. The van der Waals surface area contributed by atoms with Crippen LogP contribution in [0.1, 0.15) is 53.4 Å². The summed E-state index contributed by atoms with van der Waals surface area (Å²) in [6.45, 7) is 9.93. The van der Waals surface area contributed by atoms with Gasteiger partial charge in [0.25, 0.3) is 0 Å². The third-order valence-corrected chi connectivity index (χ3v) is 5.88. The Kier molecular flexibility index (Phi) is 6.05. The van der Waals surface area contributed by atoms with Crippen LogP contribution in [0.15, 0.2) is 0 Å². The summed E-state index contributed by atoms with van der Waals surface area (Å²) >= 11 is 0. The number of hydrogen-bond acceptors (Lipinski definition) is 3. The van der Waals surface area contributed by atoms with Crippen molar-refractivity contribution in [1.82, 2.24) is 4.90 Å². The van der Waals surface area contributed by atoms with E-state index < -0.39 is 9.84 Å². The van der Waals surface area contributed by atoms with E-state index in [1.165, 1.54) is 0 Å². The zero-order valence-electron chi connectivity index (χ0n) is 13.3. The molecule has 0 N–H and O–H groups in total. The van der Waals surface area contributed by atoms with Crippen molar-refractivity contribution in [3.8, 4) is 0 Å². The van der Waals surface area contributed by atoms with Gasteiger partial charge in [-0.3, -0.25) is 4.79 Å². The van der Waals surface area contributed by atoms with E-state index in [2.05, 4.69) is 20.8 Å². The summed E-state index contributed by atoms with van der Waals surface area (Å²) in [4.78, 5) is 13.9. The molecule has 0 bridgehead atoms. The first-order valence-corrected chi connectivity index (χ1v) is 9.46. The highest BCUT2D eigenvalue weighted by Crippen LogP contribution is 2.34. The van der Waals surface area contributed by atoms with Crippen LogP contribution in [0.5, 0.6) is 0 Å². The quantitative estimate of drug-likeness (QED) is 0.802. The third kappa shape index (κ3) is 5.43. The molecule has 1 saturated heterocycles. The fourth-order valence-electron chi connectivity index (χ4n) is 2.87. The molecular formula is C15H29NO3S. The van der Waals surface area contributed by atoms with Crippen LogP contribution in [0.25, 0.3) is 0 Å². The molecule has 0 spiro atoms. The second-order valence-corrected chi connectivity index (χ2v) is 9.15. The van der Waals surface area contributed by atoms with Crippen molar-refractivity contribution in [2.75, 3.05) is 24.6 Å². The summed E-state index contributed by atoms with van der Waals surface area (Å²) in [6.07, 6.45) is 3.64. The zero-order valence-corrected chi connectivity index (χ0v) is 14.1. The summed E-state index contributed by atoms with van der Waals surface area (Å²) in [7, 11) is -3.23. The molecule has 0 radical (unpaired) electrons. The van der Waals surface area contributed by atoms with Gasteiger partial charge in [-0.15, -0.1) is 0 Å². The molecule has 1 atom stereocenters. The van der Waals surface area contributed by atoms with Gasteiger partial charge in [-0.2, -0.15) is 0 Å². The van der Waals surface area contributed by atoms with Gasteiger partial charge in [0, 0.05) is 13.1 Å². The van der Waals surface area contributed by atoms with Gasteiger partial charge in [-0.1, -0.05) is 27.7 Å². The first kappa shape index (κ1) is 17.5. The fraction of sp³-hybridized carbons (Fsp3) is 0.933. The van der Waals surface area contributed by atoms with Crippen LogP contribution < -0.4 is 0 Å². The number of sulfone groups is 1. The minimum absolute atomic E-state index is 0.108. The van der Waals surface area contributed by atoms with Gasteiger partial charge in [-0.05, 0) is 37.0 Å². The second-order valence-electron chi connectivity index (χ2n) is 6.97. The molecule has 1 rings (SSSR count). The molecule has 0 aromatic heterocycles. The van der Waals surface area contributed by atoms with Crippen molar-refractivity contribution in [2.24, 2.45) is 11.3 Å². The molecule has 1 aliphatic heterocycles. The predicted octanol–water partition coefficient (Wildman–Crippen LogP) is 2.49. The number of carbonyl (C=O) groups is 1. The summed E-state index contributed by atoms with van der Waals surface area (Å²) < 4.78 is 23.5.